The number of benzene rings is 1. The molecule has 0 aliphatic carbocycles. The van der Waals surface area contributed by atoms with Crippen LogP contribution in [0.2, 0.25) is 5.02 Å². The summed E-state index contributed by atoms with van der Waals surface area (Å²) in [5, 5.41) is 12.0. The summed E-state index contributed by atoms with van der Waals surface area (Å²) in [4.78, 5) is 11.9. The van der Waals surface area contributed by atoms with Gasteiger partial charge < -0.3 is 15.2 Å². The topological polar surface area (TPSA) is 58.6 Å². The number of methoxy groups -OCH3 is 1. The highest BCUT2D eigenvalue weighted by molar-refractivity contribution is 14.1. The molecule has 0 bridgehead atoms. The molecule has 1 amide bonds. The fourth-order valence-corrected chi connectivity index (χ4v) is 1.82. The largest absolute Gasteiger partial charge is 0.496 e. The molecule has 0 unspecified atom stereocenters. The third-order valence-corrected chi connectivity index (χ3v) is 3.66. The Bertz CT molecular complexity index is 425. The number of halogens is 2. The van der Waals surface area contributed by atoms with Crippen LogP contribution >= 0.6 is 34.2 Å². The first-order chi connectivity index (χ1) is 7.99. The van der Waals surface area contributed by atoms with E-state index < -0.39 is 0 Å². The van der Waals surface area contributed by atoms with Crippen LogP contribution in [0.3, 0.4) is 0 Å². The summed E-state index contributed by atoms with van der Waals surface area (Å²) in [6.07, 6.45) is 0. The summed E-state index contributed by atoms with van der Waals surface area (Å²) in [5.41, 5.74) is 0.359. The van der Waals surface area contributed by atoms with Gasteiger partial charge in [-0.1, -0.05) is 11.6 Å². The fourth-order valence-electron chi connectivity index (χ4n) is 1.22. The van der Waals surface area contributed by atoms with Gasteiger partial charge in [-0.15, -0.1) is 0 Å². The van der Waals surface area contributed by atoms with E-state index in [0.717, 1.165) is 3.57 Å². The van der Waals surface area contributed by atoms with Crippen LogP contribution in [0.1, 0.15) is 17.3 Å². The number of nitrogens with one attached hydrogen (secondary N) is 1. The maximum absolute atomic E-state index is 11.9. The number of carbonyl (C=O) groups is 1. The Balaban J connectivity index is 3.03. The Morgan fingerprint density at radius 2 is 2.29 bits per heavy atom. The minimum absolute atomic E-state index is 0.119. The molecule has 17 heavy (non-hydrogen) atoms. The van der Waals surface area contributed by atoms with E-state index in [-0.39, 0.29) is 18.6 Å². The Labute approximate surface area is 118 Å². The van der Waals surface area contributed by atoms with Crippen molar-refractivity contribution < 1.29 is 14.6 Å². The van der Waals surface area contributed by atoms with Gasteiger partial charge in [0, 0.05) is 9.61 Å². The lowest BCUT2D eigenvalue weighted by atomic mass is 10.1. The Kier molecular flexibility index (Phi) is 5.48. The number of ether oxygens (including phenoxy) is 1. The third-order valence-electron chi connectivity index (χ3n) is 2.14. The Hall–Kier alpha value is -0.530. The van der Waals surface area contributed by atoms with E-state index in [1.807, 2.05) is 0 Å². The van der Waals surface area contributed by atoms with Gasteiger partial charge in [0.1, 0.15) is 5.75 Å². The second-order valence-corrected chi connectivity index (χ2v) is 5.09. The lowest BCUT2D eigenvalue weighted by Gasteiger charge is -2.13. The summed E-state index contributed by atoms with van der Waals surface area (Å²) in [7, 11) is 1.49. The molecule has 0 spiro atoms. The average molecular weight is 370 g/mol. The molecule has 0 aliphatic rings. The number of aliphatic hydroxyl groups excluding tert-OH is 1. The molecule has 1 atom stereocenters. The van der Waals surface area contributed by atoms with Crippen molar-refractivity contribution in [3.05, 3.63) is 26.3 Å². The lowest BCUT2D eigenvalue weighted by molar-refractivity contribution is 0.0919. The predicted molar refractivity (Wildman–Crippen MR) is 74.7 cm³/mol. The van der Waals surface area contributed by atoms with Crippen molar-refractivity contribution in [3.8, 4) is 5.75 Å². The number of hydrogen-bond acceptors (Lipinski definition) is 3. The van der Waals surface area contributed by atoms with Crippen LogP contribution in [-0.2, 0) is 0 Å². The lowest BCUT2D eigenvalue weighted by Crippen LogP contribution is -2.35. The van der Waals surface area contributed by atoms with Crippen LogP contribution in [0.5, 0.6) is 5.75 Å². The molecule has 4 nitrogen and oxygen atoms in total. The summed E-state index contributed by atoms with van der Waals surface area (Å²) >= 11 is 8.03. The van der Waals surface area contributed by atoms with Crippen molar-refractivity contribution in [2.24, 2.45) is 0 Å². The molecule has 1 aromatic rings. The molecule has 0 aromatic heterocycles. The molecule has 0 fully saturated rings. The van der Waals surface area contributed by atoms with E-state index in [9.17, 15) is 4.79 Å². The van der Waals surface area contributed by atoms with Gasteiger partial charge in [0.25, 0.3) is 5.91 Å². The number of rotatable bonds is 4. The van der Waals surface area contributed by atoms with Crippen LogP contribution in [0.15, 0.2) is 12.1 Å². The predicted octanol–water partition coefficient (Wildman–Crippen LogP) is 2.06. The smallest absolute Gasteiger partial charge is 0.255 e. The minimum atomic E-state index is -0.318. The zero-order chi connectivity index (χ0) is 13.0. The van der Waals surface area contributed by atoms with Crippen LogP contribution in [0.25, 0.3) is 0 Å². The number of aliphatic hydroxyl groups is 1. The highest BCUT2D eigenvalue weighted by Crippen LogP contribution is 2.28. The zero-order valence-corrected chi connectivity index (χ0v) is 12.4. The van der Waals surface area contributed by atoms with Crippen LogP contribution in [0.4, 0.5) is 0 Å². The van der Waals surface area contributed by atoms with Crippen LogP contribution in [-0.4, -0.2) is 30.8 Å². The third kappa shape index (κ3) is 3.72. The van der Waals surface area contributed by atoms with Gasteiger partial charge >= 0.3 is 0 Å². The van der Waals surface area contributed by atoms with Crippen molar-refractivity contribution in [2.75, 3.05) is 13.7 Å². The Morgan fingerprint density at radius 1 is 1.65 bits per heavy atom. The quantitative estimate of drug-likeness (QED) is 0.799. The maximum atomic E-state index is 11.9. The summed E-state index contributed by atoms with van der Waals surface area (Å²) in [5.74, 6) is 0.142. The van der Waals surface area contributed by atoms with Crippen molar-refractivity contribution >= 4 is 40.1 Å². The SMILES string of the molecule is COc1cc(I)c(Cl)cc1C(=O)N[C@H](C)CO. The molecule has 0 heterocycles. The van der Waals surface area contributed by atoms with Crippen molar-refractivity contribution in [1.82, 2.24) is 5.32 Å². The monoisotopic (exact) mass is 369 g/mol. The average Bonchev–Trinajstić information content (AvgIpc) is 2.31. The van der Waals surface area contributed by atoms with Gasteiger partial charge in [0.05, 0.1) is 24.3 Å². The van der Waals surface area contributed by atoms with Crippen molar-refractivity contribution in [1.29, 1.82) is 0 Å². The van der Waals surface area contributed by atoms with Gasteiger partial charge in [-0.3, -0.25) is 4.79 Å². The van der Waals surface area contributed by atoms with Gasteiger partial charge in [-0.2, -0.15) is 0 Å². The summed E-state index contributed by atoms with van der Waals surface area (Å²) in [6.45, 7) is 1.59. The maximum Gasteiger partial charge on any atom is 0.255 e. The molecular weight excluding hydrogens is 356 g/mol. The molecule has 94 valence electrons. The molecule has 0 saturated heterocycles. The Morgan fingerprint density at radius 3 is 2.82 bits per heavy atom. The second kappa shape index (κ2) is 6.42. The van der Waals surface area contributed by atoms with Gasteiger partial charge in [0.2, 0.25) is 0 Å². The van der Waals surface area contributed by atoms with Gasteiger partial charge in [-0.25, -0.2) is 0 Å². The zero-order valence-electron chi connectivity index (χ0n) is 9.46. The van der Waals surface area contributed by atoms with E-state index in [2.05, 4.69) is 27.9 Å². The van der Waals surface area contributed by atoms with Crippen LogP contribution < -0.4 is 10.1 Å². The molecule has 6 heteroatoms. The van der Waals surface area contributed by atoms with Gasteiger partial charge in [0.15, 0.2) is 0 Å². The first kappa shape index (κ1) is 14.5. The fraction of sp³-hybridized carbons (Fsp3) is 0.364. The number of carbonyl (C=O) groups excluding carboxylic acids is 1. The number of hydrogen-bond donors (Lipinski definition) is 2. The molecule has 0 radical (unpaired) electrons. The van der Waals surface area contributed by atoms with E-state index in [0.29, 0.717) is 16.3 Å². The molecule has 0 saturated carbocycles. The first-order valence-corrected chi connectivity index (χ1v) is 6.40. The van der Waals surface area contributed by atoms with Crippen molar-refractivity contribution in [2.45, 2.75) is 13.0 Å². The molecule has 0 aliphatic heterocycles. The summed E-state index contributed by atoms with van der Waals surface area (Å²) in [6, 6.07) is 2.94. The van der Waals surface area contributed by atoms with Gasteiger partial charge in [-0.05, 0) is 41.6 Å². The van der Waals surface area contributed by atoms with E-state index in [1.165, 1.54) is 7.11 Å². The van der Waals surface area contributed by atoms with Crippen LogP contribution in [0, 0.1) is 3.57 Å². The highest BCUT2D eigenvalue weighted by atomic mass is 127. The highest BCUT2D eigenvalue weighted by Gasteiger charge is 2.16. The minimum Gasteiger partial charge on any atom is -0.496 e. The molecule has 2 N–H and O–H groups in total. The number of amides is 1. The molecule has 1 aromatic carbocycles. The van der Waals surface area contributed by atoms with Crippen molar-refractivity contribution in [3.63, 3.8) is 0 Å². The first-order valence-electron chi connectivity index (χ1n) is 4.94. The molecular formula is C11H13ClINO3. The molecule has 1 rings (SSSR count). The summed E-state index contributed by atoms with van der Waals surface area (Å²) < 4.78 is 5.94. The van der Waals surface area contributed by atoms with E-state index in [4.69, 9.17) is 21.4 Å². The second-order valence-electron chi connectivity index (χ2n) is 3.52. The van der Waals surface area contributed by atoms with E-state index >= 15 is 0 Å². The van der Waals surface area contributed by atoms with E-state index in [1.54, 1.807) is 19.1 Å². The normalized spacial score (nSPS) is 12.1. The standard InChI is InChI=1S/C11H13ClINO3/c1-6(5-15)14-11(16)7-3-8(12)9(13)4-10(7)17-2/h3-4,6,15H,5H2,1-2H3,(H,14,16)/t6-/m1/s1.